The predicted octanol–water partition coefficient (Wildman–Crippen LogP) is 2.11. The lowest BCUT2D eigenvalue weighted by Crippen LogP contribution is -2.53. The van der Waals surface area contributed by atoms with Crippen LogP contribution in [0.1, 0.15) is 12.8 Å². The first-order chi connectivity index (χ1) is 12.1. The third-order valence-corrected chi connectivity index (χ3v) is 6.09. The first-order valence-electron chi connectivity index (χ1n) is 7.90. The Morgan fingerprint density at radius 3 is 2.46 bits per heavy atom. The number of nitro groups is 1. The lowest BCUT2D eigenvalue weighted by atomic mass is 9.88. The number of nitrogens with one attached hydrogen (secondary N) is 1. The quantitative estimate of drug-likeness (QED) is 0.559. The molecule has 2 rings (SSSR count). The van der Waals surface area contributed by atoms with Gasteiger partial charge in [0.05, 0.1) is 9.82 Å². The summed E-state index contributed by atoms with van der Waals surface area (Å²) < 4.78 is 53.8. The third kappa shape index (κ3) is 4.10. The number of benzene rings is 1. The van der Waals surface area contributed by atoms with Crippen LogP contribution in [0.3, 0.4) is 0 Å². The van der Waals surface area contributed by atoms with E-state index in [4.69, 9.17) is 4.74 Å². The van der Waals surface area contributed by atoms with Gasteiger partial charge in [-0.15, -0.1) is 0 Å². The minimum Gasteiger partial charge on any atom is -0.381 e. The number of halogens is 2. The fourth-order valence-electron chi connectivity index (χ4n) is 2.89. The highest BCUT2D eigenvalue weighted by Gasteiger charge is 2.35. The lowest BCUT2D eigenvalue weighted by Gasteiger charge is -2.43. The molecule has 1 N–H and O–H groups in total. The summed E-state index contributed by atoms with van der Waals surface area (Å²) in [6.07, 6.45) is 1.44. The van der Waals surface area contributed by atoms with E-state index in [-0.39, 0.29) is 11.2 Å². The van der Waals surface area contributed by atoms with Crippen LogP contribution in [-0.4, -0.2) is 63.4 Å². The van der Waals surface area contributed by atoms with E-state index in [0.29, 0.717) is 25.8 Å². The van der Waals surface area contributed by atoms with E-state index in [1.807, 2.05) is 19.0 Å². The zero-order valence-electron chi connectivity index (χ0n) is 14.4. The summed E-state index contributed by atoms with van der Waals surface area (Å²) in [5.41, 5.74) is -0.761. The van der Waals surface area contributed by atoms with Gasteiger partial charge in [0.1, 0.15) is 5.69 Å². The maximum absolute atomic E-state index is 12.7. The number of alkyl halides is 2. The van der Waals surface area contributed by atoms with Crippen LogP contribution in [0.4, 0.5) is 20.2 Å². The van der Waals surface area contributed by atoms with E-state index in [9.17, 15) is 27.3 Å². The number of rotatable bonds is 7. The summed E-state index contributed by atoms with van der Waals surface area (Å²) in [6.45, 7) is 1.49. The van der Waals surface area contributed by atoms with Gasteiger partial charge >= 0.3 is 5.76 Å². The molecule has 0 aromatic heterocycles. The summed E-state index contributed by atoms with van der Waals surface area (Å²) in [6, 6.07) is 2.76. The maximum Gasteiger partial charge on any atom is 0.341 e. The molecule has 0 spiro atoms. The van der Waals surface area contributed by atoms with E-state index in [0.717, 1.165) is 25.0 Å². The van der Waals surface area contributed by atoms with Crippen LogP contribution in [0.25, 0.3) is 0 Å². The number of nitrogens with zero attached hydrogens (tertiary/aromatic N) is 2. The van der Waals surface area contributed by atoms with Gasteiger partial charge in [-0.25, -0.2) is 8.42 Å². The molecule has 0 atom stereocenters. The highest BCUT2D eigenvalue weighted by molar-refractivity contribution is 7.91. The fraction of sp³-hybridized carbons (Fsp3) is 0.600. The lowest BCUT2D eigenvalue weighted by molar-refractivity contribution is -0.384. The highest BCUT2D eigenvalue weighted by atomic mass is 32.2. The molecule has 1 aliphatic heterocycles. The summed E-state index contributed by atoms with van der Waals surface area (Å²) in [7, 11) is -1.10. The average molecular weight is 393 g/mol. The molecular formula is C15H21F2N3O5S. The molecule has 0 unspecified atom stereocenters. The van der Waals surface area contributed by atoms with Crippen molar-refractivity contribution in [2.24, 2.45) is 0 Å². The molecule has 146 valence electrons. The van der Waals surface area contributed by atoms with Crippen molar-refractivity contribution in [3.05, 3.63) is 28.3 Å². The van der Waals surface area contributed by atoms with Crippen LogP contribution < -0.4 is 5.32 Å². The molecule has 0 aliphatic carbocycles. The first kappa shape index (κ1) is 20.5. The van der Waals surface area contributed by atoms with Crippen LogP contribution in [0, 0.1) is 10.1 Å². The highest BCUT2D eigenvalue weighted by Crippen LogP contribution is 2.32. The molecule has 26 heavy (non-hydrogen) atoms. The van der Waals surface area contributed by atoms with Gasteiger partial charge in [0.2, 0.25) is 9.84 Å². The monoisotopic (exact) mass is 393 g/mol. The topological polar surface area (TPSA) is 102 Å². The Bertz CT molecular complexity index is 765. The van der Waals surface area contributed by atoms with Crippen molar-refractivity contribution >= 4 is 21.2 Å². The summed E-state index contributed by atoms with van der Waals surface area (Å²) in [5, 5.41) is 14.3. The predicted molar refractivity (Wildman–Crippen MR) is 91.2 cm³/mol. The minimum absolute atomic E-state index is 0.0796. The molecule has 1 saturated heterocycles. The molecule has 1 heterocycles. The Hall–Kier alpha value is -1.85. The van der Waals surface area contributed by atoms with Crippen molar-refractivity contribution in [2.45, 2.75) is 29.0 Å². The molecule has 8 nitrogen and oxygen atoms in total. The Labute approximate surface area is 150 Å². The molecule has 0 saturated carbocycles. The number of nitro benzene ring substituents is 1. The van der Waals surface area contributed by atoms with Crippen molar-refractivity contribution in [1.29, 1.82) is 0 Å². The Balaban J connectivity index is 2.30. The molecule has 1 aromatic rings. The van der Waals surface area contributed by atoms with Gasteiger partial charge in [0.15, 0.2) is 0 Å². The van der Waals surface area contributed by atoms with E-state index in [2.05, 4.69) is 5.32 Å². The minimum atomic E-state index is -4.90. The Morgan fingerprint density at radius 2 is 1.96 bits per heavy atom. The summed E-state index contributed by atoms with van der Waals surface area (Å²) >= 11 is 0. The molecule has 1 fully saturated rings. The largest absolute Gasteiger partial charge is 0.381 e. The first-order valence-corrected chi connectivity index (χ1v) is 9.44. The number of ether oxygens (including phenoxy) is 1. The van der Waals surface area contributed by atoms with Crippen molar-refractivity contribution in [1.82, 2.24) is 4.90 Å². The second kappa shape index (κ2) is 7.80. The number of anilines is 1. The molecular weight excluding hydrogens is 372 g/mol. The maximum atomic E-state index is 12.7. The summed E-state index contributed by atoms with van der Waals surface area (Å²) in [4.78, 5) is 11.7. The van der Waals surface area contributed by atoms with Gasteiger partial charge in [-0.2, -0.15) is 8.78 Å². The zero-order chi connectivity index (χ0) is 19.5. The van der Waals surface area contributed by atoms with Crippen molar-refractivity contribution in [2.75, 3.05) is 39.2 Å². The molecule has 1 aromatic carbocycles. The molecule has 1 aliphatic rings. The van der Waals surface area contributed by atoms with Crippen LogP contribution in [0.2, 0.25) is 0 Å². The van der Waals surface area contributed by atoms with Crippen molar-refractivity contribution < 1.29 is 26.9 Å². The van der Waals surface area contributed by atoms with Gasteiger partial charge < -0.3 is 15.0 Å². The van der Waals surface area contributed by atoms with E-state index in [1.54, 1.807) is 0 Å². The number of sulfone groups is 1. The van der Waals surface area contributed by atoms with E-state index in [1.165, 1.54) is 0 Å². The number of likely N-dealkylation sites (N-methyl/N-ethyl adjacent to an activating group) is 1. The zero-order valence-corrected chi connectivity index (χ0v) is 15.3. The van der Waals surface area contributed by atoms with Crippen LogP contribution in [0.5, 0.6) is 0 Å². The Morgan fingerprint density at radius 1 is 1.35 bits per heavy atom. The normalized spacial score (nSPS) is 17.5. The number of hydrogen-bond donors (Lipinski definition) is 1. The van der Waals surface area contributed by atoms with Gasteiger partial charge in [-0.05, 0) is 39.1 Å². The molecule has 0 radical (unpaired) electrons. The SMILES string of the molecule is CN(C)C1(CNc2ccc(S(=O)(=O)C(F)F)cc2[N+](=O)[O-])CCOCC1. The molecule has 0 bridgehead atoms. The second-order valence-corrected chi connectivity index (χ2v) is 8.24. The second-order valence-electron chi connectivity index (χ2n) is 6.33. The van der Waals surface area contributed by atoms with Gasteiger partial charge in [0.25, 0.3) is 5.69 Å². The summed E-state index contributed by atoms with van der Waals surface area (Å²) in [5.74, 6) is -3.64. The van der Waals surface area contributed by atoms with E-state index >= 15 is 0 Å². The van der Waals surface area contributed by atoms with Crippen molar-refractivity contribution in [3.63, 3.8) is 0 Å². The van der Waals surface area contributed by atoms with Crippen molar-refractivity contribution in [3.8, 4) is 0 Å². The van der Waals surface area contributed by atoms with Gasteiger partial charge in [-0.1, -0.05) is 0 Å². The van der Waals surface area contributed by atoms with Crippen LogP contribution in [-0.2, 0) is 14.6 Å². The average Bonchev–Trinajstić information content (AvgIpc) is 2.60. The third-order valence-electron chi connectivity index (χ3n) is 4.71. The van der Waals surface area contributed by atoms with Crippen LogP contribution in [0.15, 0.2) is 23.1 Å². The van der Waals surface area contributed by atoms with Crippen LogP contribution >= 0.6 is 0 Å². The number of hydrogen-bond acceptors (Lipinski definition) is 7. The van der Waals surface area contributed by atoms with Gasteiger partial charge in [0, 0.05) is 31.4 Å². The fourth-order valence-corrected chi connectivity index (χ4v) is 3.62. The molecule has 0 amide bonds. The van der Waals surface area contributed by atoms with Gasteiger partial charge in [-0.3, -0.25) is 10.1 Å². The molecule has 11 heteroatoms. The van der Waals surface area contributed by atoms with E-state index < -0.39 is 31.1 Å². The standard InChI is InChI=1S/C15H21F2N3O5S/c1-19(2)15(5-7-25-8-6-15)10-18-12-4-3-11(9-13(12)20(21)22)26(23,24)14(16)17/h3-4,9,14,18H,5-8,10H2,1-2H3. The Kier molecular flexibility index (Phi) is 6.14. The smallest absolute Gasteiger partial charge is 0.341 e.